The van der Waals surface area contributed by atoms with Gasteiger partial charge in [0, 0.05) is 11.6 Å². The molecule has 1 nitrogen and oxygen atoms in total. The van der Waals surface area contributed by atoms with E-state index in [4.69, 9.17) is 46.4 Å². The second-order valence-electron chi connectivity index (χ2n) is 3.85. The number of halogens is 5. The van der Waals surface area contributed by atoms with Gasteiger partial charge in [0.25, 0.3) is 0 Å². The number of anilines is 1. The van der Waals surface area contributed by atoms with Crippen molar-refractivity contribution in [1.82, 2.24) is 0 Å². The summed E-state index contributed by atoms with van der Waals surface area (Å²) in [5, 5.41) is 4.40. The first kappa shape index (κ1) is 14.7. The van der Waals surface area contributed by atoms with E-state index in [1.807, 2.05) is 0 Å². The minimum absolute atomic E-state index is 0.0892. The molecule has 2 rings (SSSR count). The highest BCUT2D eigenvalue weighted by Crippen LogP contribution is 2.34. The van der Waals surface area contributed by atoms with E-state index in [-0.39, 0.29) is 5.02 Å². The lowest BCUT2D eigenvalue weighted by Gasteiger charge is -2.11. The van der Waals surface area contributed by atoms with E-state index in [9.17, 15) is 4.39 Å². The lowest BCUT2D eigenvalue weighted by molar-refractivity contribution is 0.626. The monoisotopic (exact) mass is 337 g/mol. The summed E-state index contributed by atoms with van der Waals surface area (Å²) in [6.07, 6.45) is 0. The largest absolute Gasteiger partial charge is 0.379 e. The summed E-state index contributed by atoms with van der Waals surface area (Å²) in [6.45, 7) is 0.370. The lowest BCUT2D eigenvalue weighted by Crippen LogP contribution is -2.01. The zero-order valence-corrected chi connectivity index (χ0v) is 12.5. The van der Waals surface area contributed by atoms with Crippen molar-refractivity contribution in [3.63, 3.8) is 0 Å². The molecular formula is C13H8Cl4FN. The first-order valence-corrected chi connectivity index (χ1v) is 6.81. The van der Waals surface area contributed by atoms with Crippen molar-refractivity contribution in [2.24, 2.45) is 0 Å². The van der Waals surface area contributed by atoms with Gasteiger partial charge in [-0.05, 0) is 29.8 Å². The lowest BCUT2D eigenvalue weighted by atomic mass is 10.2. The van der Waals surface area contributed by atoms with Gasteiger partial charge >= 0.3 is 0 Å². The fourth-order valence-electron chi connectivity index (χ4n) is 1.55. The van der Waals surface area contributed by atoms with Gasteiger partial charge in [0.1, 0.15) is 5.82 Å². The first-order valence-electron chi connectivity index (χ1n) is 5.29. The van der Waals surface area contributed by atoms with Gasteiger partial charge in [0.15, 0.2) is 0 Å². The molecule has 0 spiro atoms. The van der Waals surface area contributed by atoms with Crippen LogP contribution in [0.25, 0.3) is 0 Å². The van der Waals surface area contributed by atoms with Gasteiger partial charge in [0.05, 0.1) is 20.8 Å². The molecule has 0 bridgehead atoms. The SMILES string of the molecule is Fc1cc(CNc2c(Cl)cc(Cl)cc2Cl)ccc1Cl. The highest BCUT2D eigenvalue weighted by atomic mass is 35.5. The summed E-state index contributed by atoms with van der Waals surface area (Å²) >= 11 is 23.5. The number of benzene rings is 2. The molecule has 6 heteroatoms. The molecule has 0 saturated carbocycles. The third-order valence-electron chi connectivity index (χ3n) is 2.46. The Morgan fingerprint density at radius 3 is 2.11 bits per heavy atom. The van der Waals surface area contributed by atoms with Crippen LogP contribution in [0.2, 0.25) is 20.1 Å². The van der Waals surface area contributed by atoms with Crippen LogP contribution in [0.1, 0.15) is 5.56 Å². The van der Waals surface area contributed by atoms with E-state index >= 15 is 0 Å². The van der Waals surface area contributed by atoms with E-state index in [2.05, 4.69) is 5.32 Å². The summed E-state index contributed by atoms with van der Waals surface area (Å²) in [4.78, 5) is 0. The second kappa shape index (κ2) is 6.19. The zero-order valence-electron chi connectivity index (χ0n) is 9.48. The maximum atomic E-state index is 13.3. The van der Waals surface area contributed by atoms with Gasteiger partial charge in [-0.2, -0.15) is 0 Å². The molecule has 19 heavy (non-hydrogen) atoms. The van der Waals surface area contributed by atoms with Crippen molar-refractivity contribution >= 4 is 52.1 Å². The number of hydrogen-bond donors (Lipinski definition) is 1. The molecule has 0 amide bonds. The Balaban J connectivity index is 2.16. The Bertz CT molecular complexity index is 593. The third-order valence-corrected chi connectivity index (χ3v) is 3.58. The average molecular weight is 339 g/mol. The van der Waals surface area contributed by atoms with E-state index in [1.54, 1.807) is 18.2 Å². The molecule has 2 aromatic carbocycles. The molecule has 0 radical (unpaired) electrons. The summed E-state index contributed by atoms with van der Waals surface area (Å²) < 4.78 is 13.3. The standard InChI is InChI=1S/C13H8Cl4FN/c14-8-4-10(16)13(11(17)5-8)19-6-7-1-2-9(15)12(18)3-7/h1-5,19H,6H2. The Morgan fingerprint density at radius 1 is 0.895 bits per heavy atom. The van der Waals surface area contributed by atoms with Gasteiger partial charge < -0.3 is 5.32 Å². The van der Waals surface area contributed by atoms with E-state index in [1.165, 1.54) is 12.1 Å². The van der Waals surface area contributed by atoms with Crippen LogP contribution in [0, 0.1) is 5.82 Å². The van der Waals surface area contributed by atoms with Crippen LogP contribution in [0.3, 0.4) is 0 Å². The van der Waals surface area contributed by atoms with Gasteiger partial charge in [-0.15, -0.1) is 0 Å². The maximum Gasteiger partial charge on any atom is 0.142 e. The average Bonchev–Trinajstić information content (AvgIpc) is 2.32. The van der Waals surface area contributed by atoms with Gasteiger partial charge in [-0.25, -0.2) is 4.39 Å². The topological polar surface area (TPSA) is 12.0 Å². The Labute approximate surface area is 130 Å². The van der Waals surface area contributed by atoms with Gasteiger partial charge in [0.2, 0.25) is 0 Å². The maximum absolute atomic E-state index is 13.3. The number of hydrogen-bond acceptors (Lipinski definition) is 1. The van der Waals surface area contributed by atoms with E-state index in [0.717, 1.165) is 5.56 Å². The molecular weight excluding hydrogens is 331 g/mol. The molecule has 0 saturated heterocycles. The van der Waals surface area contributed by atoms with Crippen molar-refractivity contribution in [1.29, 1.82) is 0 Å². The summed E-state index contributed by atoms with van der Waals surface area (Å²) in [5.41, 5.74) is 1.28. The smallest absolute Gasteiger partial charge is 0.142 e. The summed E-state index contributed by atoms with van der Waals surface area (Å²) in [7, 11) is 0. The Morgan fingerprint density at radius 2 is 1.53 bits per heavy atom. The minimum Gasteiger partial charge on any atom is -0.379 e. The van der Waals surface area contributed by atoms with Gasteiger partial charge in [-0.1, -0.05) is 52.5 Å². The van der Waals surface area contributed by atoms with Crippen molar-refractivity contribution in [2.45, 2.75) is 6.54 Å². The molecule has 0 aliphatic rings. The molecule has 0 aliphatic carbocycles. The van der Waals surface area contributed by atoms with Crippen LogP contribution in [-0.4, -0.2) is 0 Å². The third kappa shape index (κ3) is 3.67. The normalized spacial score (nSPS) is 10.6. The minimum atomic E-state index is -0.464. The van der Waals surface area contributed by atoms with Crippen molar-refractivity contribution in [2.75, 3.05) is 5.32 Å². The fraction of sp³-hybridized carbons (Fsp3) is 0.0769. The molecule has 0 unspecified atom stereocenters. The quantitative estimate of drug-likeness (QED) is 0.718. The van der Waals surface area contributed by atoms with Crippen LogP contribution in [-0.2, 0) is 6.54 Å². The predicted molar refractivity (Wildman–Crippen MR) is 80.2 cm³/mol. The second-order valence-corrected chi connectivity index (χ2v) is 5.50. The van der Waals surface area contributed by atoms with E-state index < -0.39 is 5.82 Å². The molecule has 0 aliphatic heterocycles. The molecule has 0 atom stereocenters. The number of rotatable bonds is 3. The molecule has 0 aromatic heterocycles. The number of nitrogens with one attached hydrogen (secondary N) is 1. The van der Waals surface area contributed by atoms with Crippen molar-refractivity contribution in [3.8, 4) is 0 Å². The predicted octanol–water partition coefficient (Wildman–Crippen LogP) is 6.05. The fourth-order valence-corrected chi connectivity index (χ4v) is 2.62. The van der Waals surface area contributed by atoms with Crippen molar-refractivity contribution in [3.05, 3.63) is 61.8 Å². The van der Waals surface area contributed by atoms with Crippen LogP contribution >= 0.6 is 46.4 Å². The highest BCUT2D eigenvalue weighted by molar-refractivity contribution is 6.41. The molecule has 0 fully saturated rings. The Kier molecular flexibility index (Phi) is 4.80. The summed E-state index contributed by atoms with van der Waals surface area (Å²) in [5.74, 6) is -0.464. The molecule has 1 N–H and O–H groups in total. The molecule has 100 valence electrons. The summed E-state index contributed by atoms with van der Waals surface area (Å²) in [6, 6.07) is 7.74. The van der Waals surface area contributed by atoms with Gasteiger partial charge in [-0.3, -0.25) is 0 Å². The molecule has 0 heterocycles. The van der Waals surface area contributed by atoms with Crippen LogP contribution in [0.4, 0.5) is 10.1 Å². The van der Waals surface area contributed by atoms with E-state index in [0.29, 0.717) is 27.3 Å². The van der Waals surface area contributed by atoms with Crippen LogP contribution in [0.15, 0.2) is 30.3 Å². The van der Waals surface area contributed by atoms with Crippen LogP contribution in [0.5, 0.6) is 0 Å². The first-order chi connectivity index (χ1) is 8.97. The zero-order chi connectivity index (χ0) is 14.0. The van der Waals surface area contributed by atoms with Crippen LogP contribution < -0.4 is 5.32 Å². The molecule has 2 aromatic rings. The highest BCUT2D eigenvalue weighted by Gasteiger charge is 2.08. The Hall–Kier alpha value is -0.670. The van der Waals surface area contributed by atoms with Crippen molar-refractivity contribution < 1.29 is 4.39 Å².